The summed E-state index contributed by atoms with van der Waals surface area (Å²) in [4.78, 5) is 17.7. The van der Waals surface area contributed by atoms with Crippen molar-refractivity contribution in [1.82, 2.24) is 9.88 Å². The van der Waals surface area contributed by atoms with Gasteiger partial charge >= 0.3 is 0 Å². The number of nitrogens with zero attached hydrogens (tertiary/aromatic N) is 1. The van der Waals surface area contributed by atoms with E-state index in [4.69, 9.17) is 0 Å². The van der Waals surface area contributed by atoms with Gasteiger partial charge in [0.05, 0.1) is 0 Å². The van der Waals surface area contributed by atoms with Crippen molar-refractivity contribution >= 4 is 28.6 Å². The highest BCUT2D eigenvalue weighted by molar-refractivity contribution is 8.00. The van der Waals surface area contributed by atoms with E-state index in [1.165, 1.54) is 0 Å². The zero-order valence-electron chi connectivity index (χ0n) is 11.1. The largest absolute Gasteiger partial charge is 0.351 e. The summed E-state index contributed by atoms with van der Waals surface area (Å²) in [7, 11) is 0. The number of aromatic nitrogens is 1. The zero-order valence-corrected chi connectivity index (χ0v) is 11.9. The van der Waals surface area contributed by atoms with Gasteiger partial charge in [0.1, 0.15) is 5.69 Å². The maximum atomic E-state index is 12.5. The second-order valence-electron chi connectivity index (χ2n) is 4.92. The van der Waals surface area contributed by atoms with Crippen LogP contribution in [0.25, 0.3) is 10.9 Å². The number of benzene rings is 1. The molecule has 1 N–H and O–H groups in total. The molecule has 0 radical (unpaired) electrons. The number of H-pyrrole nitrogens is 1. The lowest BCUT2D eigenvalue weighted by Crippen LogP contribution is -2.41. The van der Waals surface area contributed by atoms with Crippen molar-refractivity contribution in [2.45, 2.75) is 18.6 Å². The molecule has 0 saturated carbocycles. The van der Waals surface area contributed by atoms with Crippen LogP contribution in [0.2, 0.25) is 0 Å². The molecule has 3 rings (SSSR count). The van der Waals surface area contributed by atoms with E-state index in [-0.39, 0.29) is 5.91 Å². The van der Waals surface area contributed by atoms with Gasteiger partial charge in [-0.1, -0.05) is 25.1 Å². The average molecular weight is 274 g/mol. The molecule has 2 heterocycles. The van der Waals surface area contributed by atoms with Gasteiger partial charge < -0.3 is 9.88 Å². The molecule has 100 valence electrons. The minimum atomic E-state index is 0.134. The van der Waals surface area contributed by atoms with E-state index in [9.17, 15) is 4.79 Å². The predicted octanol–water partition coefficient (Wildman–Crippen LogP) is 3.14. The molecule has 1 aliphatic heterocycles. The van der Waals surface area contributed by atoms with Crippen LogP contribution in [-0.4, -0.2) is 39.9 Å². The van der Waals surface area contributed by atoms with E-state index in [1.807, 2.05) is 47.0 Å². The van der Waals surface area contributed by atoms with Gasteiger partial charge in [-0.15, -0.1) is 0 Å². The van der Waals surface area contributed by atoms with E-state index in [0.29, 0.717) is 10.9 Å². The number of hydrogen-bond acceptors (Lipinski definition) is 2. The summed E-state index contributed by atoms with van der Waals surface area (Å²) in [5.74, 6) is 1.18. The quantitative estimate of drug-likeness (QED) is 0.913. The topological polar surface area (TPSA) is 36.1 Å². The van der Waals surface area contributed by atoms with Crippen LogP contribution in [-0.2, 0) is 0 Å². The lowest BCUT2D eigenvalue weighted by Gasteiger charge is -2.31. The predicted molar refractivity (Wildman–Crippen MR) is 80.7 cm³/mol. The lowest BCUT2D eigenvalue weighted by atomic mass is 10.2. The third-order valence-corrected chi connectivity index (χ3v) is 5.01. The summed E-state index contributed by atoms with van der Waals surface area (Å²) in [6.45, 7) is 3.92. The number of rotatable bonds is 2. The molecule has 1 amide bonds. The van der Waals surface area contributed by atoms with Crippen molar-refractivity contribution in [1.29, 1.82) is 0 Å². The fourth-order valence-electron chi connectivity index (χ4n) is 2.51. The van der Waals surface area contributed by atoms with E-state index in [2.05, 4.69) is 11.9 Å². The maximum absolute atomic E-state index is 12.5. The molecule has 1 aromatic heterocycles. The molecular weight excluding hydrogens is 256 g/mol. The van der Waals surface area contributed by atoms with Gasteiger partial charge in [0.2, 0.25) is 0 Å². The minimum absolute atomic E-state index is 0.134. The van der Waals surface area contributed by atoms with Gasteiger partial charge in [0.25, 0.3) is 5.91 Å². The molecule has 4 heteroatoms. The molecule has 0 bridgehead atoms. The summed E-state index contributed by atoms with van der Waals surface area (Å²) >= 11 is 1.98. The van der Waals surface area contributed by atoms with E-state index < -0.39 is 0 Å². The first-order valence-corrected chi connectivity index (χ1v) is 7.81. The normalized spacial score (nSPS) is 19.8. The van der Waals surface area contributed by atoms with Crippen LogP contribution in [0.5, 0.6) is 0 Å². The van der Waals surface area contributed by atoms with Crippen molar-refractivity contribution in [3.05, 3.63) is 36.0 Å². The summed E-state index contributed by atoms with van der Waals surface area (Å²) in [5, 5.41) is 1.69. The van der Waals surface area contributed by atoms with Gasteiger partial charge in [-0.25, -0.2) is 0 Å². The SMILES string of the molecule is CCC1CN(C(=O)c2cc3ccccc3[nH]2)CCS1. The van der Waals surface area contributed by atoms with Crippen molar-refractivity contribution in [2.75, 3.05) is 18.8 Å². The van der Waals surface area contributed by atoms with Crippen LogP contribution in [0.4, 0.5) is 0 Å². The molecule has 2 aromatic rings. The highest BCUT2D eigenvalue weighted by Gasteiger charge is 2.24. The van der Waals surface area contributed by atoms with Gasteiger partial charge in [-0.05, 0) is 18.6 Å². The van der Waals surface area contributed by atoms with Crippen LogP contribution >= 0.6 is 11.8 Å². The summed E-state index contributed by atoms with van der Waals surface area (Å²) < 4.78 is 0. The Morgan fingerprint density at radius 1 is 1.47 bits per heavy atom. The summed E-state index contributed by atoms with van der Waals surface area (Å²) in [6.07, 6.45) is 1.13. The molecule has 1 unspecified atom stereocenters. The Kier molecular flexibility index (Phi) is 3.51. The molecule has 0 aliphatic carbocycles. The molecule has 1 aromatic carbocycles. The molecule has 0 spiro atoms. The number of amides is 1. The zero-order chi connectivity index (χ0) is 13.2. The Balaban J connectivity index is 1.82. The van der Waals surface area contributed by atoms with Crippen LogP contribution < -0.4 is 0 Å². The van der Waals surface area contributed by atoms with Crippen LogP contribution in [0.1, 0.15) is 23.8 Å². The first kappa shape index (κ1) is 12.6. The van der Waals surface area contributed by atoms with Gasteiger partial charge in [-0.2, -0.15) is 11.8 Å². The van der Waals surface area contributed by atoms with Crippen molar-refractivity contribution in [3.63, 3.8) is 0 Å². The van der Waals surface area contributed by atoms with Gasteiger partial charge in [-0.3, -0.25) is 4.79 Å². The second-order valence-corrected chi connectivity index (χ2v) is 6.33. The second kappa shape index (κ2) is 5.29. The fourth-order valence-corrected chi connectivity index (χ4v) is 3.69. The van der Waals surface area contributed by atoms with Crippen molar-refractivity contribution < 1.29 is 4.79 Å². The fraction of sp³-hybridized carbons (Fsp3) is 0.400. The van der Waals surface area contributed by atoms with E-state index in [1.54, 1.807) is 0 Å². The molecule has 1 aliphatic rings. The Labute approximate surface area is 117 Å². The monoisotopic (exact) mass is 274 g/mol. The number of thioether (sulfide) groups is 1. The van der Waals surface area contributed by atoms with Gasteiger partial charge in [0.15, 0.2) is 0 Å². The summed E-state index contributed by atoms with van der Waals surface area (Å²) in [6, 6.07) is 9.98. The van der Waals surface area contributed by atoms with E-state index in [0.717, 1.165) is 36.2 Å². The number of hydrogen-bond donors (Lipinski definition) is 1. The Hall–Kier alpha value is -1.42. The Morgan fingerprint density at radius 3 is 3.11 bits per heavy atom. The number of carbonyl (C=O) groups is 1. The number of carbonyl (C=O) groups excluding carboxylic acids is 1. The van der Waals surface area contributed by atoms with Crippen molar-refractivity contribution in [2.24, 2.45) is 0 Å². The molecular formula is C15H18N2OS. The smallest absolute Gasteiger partial charge is 0.270 e. The molecule has 19 heavy (non-hydrogen) atoms. The minimum Gasteiger partial charge on any atom is -0.351 e. The molecule has 1 atom stereocenters. The highest BCUT2D eigenvalue weighted by atomic mass is 32.2. The van der Waals surface area contributed by atoms with Crippen LogP contribution in [0.3, 0.4) is 0 Å². The van der Waals surface area contributed by atoms with E-state index >= 15 is 0 Å². The summed E-state index contributed by atoms with van der Waals surface area (Å²) in [5.41, 5.74) is 1.74. The van der Waals surface area contributed by atoms with Crippen molar-refractivity contribution in [3.8, 4) is 0 Å². The standard InChI is InChI=1S/C15H18N2OS/c1-2-12-10-17(7-8-19-12)15(18)14-9-11-5-3-4-6-13(11)16-14/h3-6,9,12,16H,2,7-8,10H2,1H3. The van der Waals surface area contributed by atoms with Crippen LogP contribution in [0.15, 0.2) is 30.3 Å². The lowest BCUT2D eigenvalue weighted by molar-refractivity contribution is 0.0756. The molecule has 3 nitrogen and oxygen atoms in total. The highest BCUT2D eigenvalue weighted by Crippen LogP contribution is 2.23. The average Bonchev–Trinajstić information content (AvgIpc) is 2.90. The number of nitrogens with one attached hydrogen (secondary N) is 1. The molecule has 1 fully saturated rings. The van der Waals surface area contributed by atoms with Gasteiger partial charge in [0, 0.05) is 35.0 Å². The third-order valence-electron chi connectivity index (χ3n) is 3.64. The first-order chi connectivity index (χ1) is 9.28. The Morgan fingerprint density at radius 2 is 2.32 bits per heavy atom. The number of para-hydroxylation sites is 1. The number of aromatic amines is 1. The molecule has 1 saturated heterocycles. The maximum Gasteiger partial charge on any atom is 0.270 e. The van der Waals surface area contributed by atoms with Crippen LogP contribution in [0, 0.1) is 0 Å². The first-order valence-electron chi connectivity index (χ1n) is 6.76. The number of fused-ring (bicyclic) bond motifs is 1. The third kappa shape index (κ3) is 2.50. The Bertz CT molecular complexity index is 560.